The molecule has 3 heterocycles. The topological polar surface area (TPSA) is 64.3 Å². The van der Waals surface area contributed by atoms with E-state index in [4.69, 9.17) is 0 Å². The molecular formula is C21H25N5O. The van der Waals surface area contributed by atoms with Crippen LogP contribution in [0, 0.1) is 0 Å². The summed E-state index contributed by atoms with van der Waals surface area (Å²) in [6.07, 6.45) is 2.75. The molecule has 2 aromatic heterocycles. The van der Waals surface area contributed by atoms with Crippen LogP contribution in [0.4, 0.5) is 11.5 Å². The Labute approximate surface area is 159 Å². The van der Waals surface area contributed by atoms with Gasteiger partial charge in [0.2, 0.25) is 0 Å². The first-order chi connectivity index (χ1) is 13.3. The standard InChI is InChI=1S/C21H25N5O/c1-2-22-18-9-5-10-23-20(18)25-11-6-12-26(14-13-25)21(27)19-15-16-7-3-4-8-17(16)24-19/h3-5,7-10,15,22,24H,2,6,11-14H2,1H3. The van der Waals surface area contributed by atoms with Crippen LogP contribution in [0.15, 0.2) is 48.7 Å². The fourth-order valence-electron chi connectivity index (χ4n) is 3.67. The van der Waals surface area contributed by atoms with Gasteiger partial charge in [0.15, 0.2) is 5.82 Å². The van der Waals surface area contributed by atoms with Gasteiger partial charge in [-0.15, -0.1) is 0 Å². The molecular weight excluding hydrogens is 338 g/mol. The zero-order valence-electron chi connectivity index (χ0n) is 15.6. The lowest BCUT2D eigenvalue weighted by molar-refractivity contribution is 0.0762. The number of rotatable bonds is 4. The van der Waals surface area contributed by atoms with E-state index in [0.717, 1.165) is 55.0 Å². The van der Waals surface area contributed by atoms with Crippen LogP contribution in [-0.2, 0) is 0 Å². The zero-order chi connectivity index (χ0) is 18.6. The predicted octanol–water partition coefficient (Wildman–Crippen LogP) is 3.35. The van der Waals surface area contributed by atoms with Gasteiger partial charge in [0, 0.05) is 49.8 Å². The van der Waals surface area contributed by atoms with Crippen molar-refractivity contribution in [2.45, 2.75) is 13.3 Å². The zero-order valence-corrected chi connectivity index (χ0v) is 15.6. The summed E-state index contributed by atoms with van der Waals surface area (Å²) >= 11 is 0. The average Bonchev–Trinajstić information content (AvgIpc) is 2.98. The highest BCUT2D eigenvalue weighted by atomic mass is 16.2. The Morgan fingerprint density at radius 1 is 1.15 bits per heavy atom. The number of carbonyl (C=O) groups is 1. The lowest BCUT2D eigenvalue weighted by Gasteiger charge is -2.24. The van der Waals surface area contributed by atoms with E-state index in [1.165, 1.54) is 0 Å². The van der Waals surface area contributed by atoms with Crippen molar-refractivity contribution in [1.82, 2.24) is 14.9 Å². The number of nitrogens with zero attached hydrogens (tertiary/aromatic N) is 3. The second-order valence-electron chi connectivity index (χ2n) is 6.81. The monoisotopic (exact) mass is 363 g/mol. The molecule has 0 radical (unpaired) electrons. The average molecular weight is 363 g/mol. The van der Waals surface area contributed by atoms with Crippen molar-refractivity contribution in [3.8, 4) is 0 Å². The first-order valence-corrected chi connectivity index (χ1v) is 9.57. The summed E-state index contributed by atoms with van der Waals surface area (Å²) in [5.74, 6) is 1.04. The van der Waals surface area contributed by atoms with Gasteiger partial charge in [0.05, 0.1) is 5.69 Å². The Kier molecular flexibility index (Phi) is 4.96. The van der Waals surface area contributed by atoms with E-state index >= 15 is 0 Å². The third-order valence-corrected chi connectivity index (χ3v) is 5.00. The quantitative estimate of drug-likeness (QED) is 0.746. The van der Waals surface area contributed by atoms with Crippen LogP contribution in [0.3, 0.4) is 0 Å². The largest absolute Gasteiger partial charge is 0.382 e. The van der Waals surface area contributed by atoms with Gasteiger partial charge in [0.25, 0.3) is 5.91 Å². The van der Waals surface area contributed by atoms with Crippen LogP contribution in [0.1, 0.15) is 23.8 Å². The minimum absolute atomic E-state index is 0.0703. The molecule has 0 unspecified atom stereocenters. The van der Waals surface area contributed by atoms with Crippen LogP contribution in [-0.4, -0.2) is 53.5 Å². The first kappa shape index (κ1) is 17.4. The van der Waals surface area contributed by atoms with E-state index < -0.39 is 0 Å². The Bertz CT molecular complexity index is 902. The van der Waals surface area contributed by atoms with Gasteiger partial charge in [0.1, 0.15) is 5.69 Å². The van der Waals surface area contributed by atoms with Gasteiger partial charge in [-0.1, -0.05) is 18.2 Å². The van der Waals surface area contributed by atoms with Crippen LogP contribution in [0.25, 0.3) is 10.9 Å². The molecule has 1 aromatic carbocycles. The molecule has 1 aliphatic rings. The summed E-state index contributed by atoms with van der Waals surface area (Å²) in [5, 5.41) is 4.45. The highest BCUT2D eigenvalue weighted by Gasteiger charge is 2.23. The second-order valence-corrected chi connectivity index (χ2v) is 6.81. The number of carbonyl (C=O) groups excluding carboxylic acids is 1. The number of H-pyrrole nitrogens is 1. The van der Waals surface area contributed by atoms with Gasteiger partial charge in [-0.2, -0.15) is 0 Å². The van der Waals surface area contributed by atoms with Crippen molar-refractivity contribution in [2.24, 2.45) is 0 Å². The summed E-state index contributed by atoms with van der Waals surface area (Å²) < 4.78 is 0. The number of aromatic amines is 1. The van der Waals surface area contributed by atoms with Crippen molar-refractivity contribution in [2.75, 3.05) is 42.9 Å². The third-order valence-electron chi connectivity index (χ3n) is 5.00. The third kappa shape index (κ3) is 3.60. The molecule has 0 aliphatic carbocycles. The lowest BCUT2D eigenvalue weighted by atomic mass is 10.2. The molecule has 1 fully saturated rings. The summed E-state index contributed by atoms with van der Waals surface area (Å²) in [5.41, 5.74) is 2.72. The van der Waals surface area contributed by atoms with E-state index in [0.29, 0.717) is 12.2 Å². The highest BCUT2D eigenvalue weighted by molar-refractivity contribution is 5.98. The lowest BCUT2D eigenvalue weighted by Crippen LogP contribution is -2.35. The Morgan fingerprint density at radius 3 is 2.89 bits per heavy atom. The first-order valence-electron chi connectivity index (χ1n) is 9.57. The number of hydrogen-bond donors (Lipinski definition) is 2. The molecule has 0 spiro atoms. The molecule has 2 N–H and O–H groups in total. The number of para-hydroxylation sites is 1. The maximum absolute atomic E-state index is 13.0. The van der Waals surface area contributed by atoms with E-state index in [2.05, 4.69) is 33.2 Å². The predicted molar refractivity (Wildman–Crippen MR) is 109 cm³/mol. The number of aromatic nitrogens is 2. The molecule has 0 atom stereocenters. The van der Waals surface area contributed by atoms with E-state index in [1.807, 2.05) is 47.5 Å². The van der Waals surface area contributed by atoms with Crippen molar-refractivity contribution < 1.29 is 4.79 Å². The number of amides is 1. The Hall–Kier alpha value is -3.02. The minimum Gasteiger partial charge on any atom is -0.382 e. The Balaban J connectivity index is 1.49. The van der Waals surface area contributed by atoms with Crippen LogP contribution < -0.4 is 10.2 Å². The summed E-state index contributed by atoms with van der Waals surface area (Å²) in [6, 6.07) is 13.9. The van der Waals surface area contributed by atoms with Gasteiger partial charge in [-0.05, 0) is 37.6 Å². The number of anilines is 2. The smallest absolute Gasteiger partial charge is 0.270 e. The van der Waals surface area contributed by atoms with Crippen LogP contribution >= 0.6 is 0 Å². The van der Waals surface area contributed by atoms with Crippen LogP contribution in [0.5, 0.6) is 0 Å². The van der Waals surface area contributed by atoms with Crippen molar-refractivity contribution in [1.29, 1.82) is 0 Å². The molecule has 6 nitrogen and oxygen atoms in total. The Morgan fingerprint density at radius 2 is 2.04 bits per heavy atom. The minimum atomic E-state index is 0.0703. The fourth-order valence-corrected chi connectivity index (χ4v) is 3.67. The molecule has 3 aromatic rings. The molecule has 0 saturated carbocycles. The summed E-state index contributed by atoms with van der Waals surface area (Å²) in [6.45, 7) is 6.06. The summed E-state index contributed by atoms with van der Waals surface area (Å²) in [4.78, 5) is 25.0. The number of benzene rings is 1. The van der Waals surface area contributed by atoms with E-state index in [1.54, 1.807) is 0 Å². The van der Waals surface area contributed by atoms with E-state index in [-0.39, 0.29) is 5.91 Å². The number of hydrogen-bond acceptors (Lipinski definition) is 4. The van der Waals surface area contributed by atoms with E-state index in [9.17, 15) is 4.79 Å². The number of nitrogens with one attached hydrogen (secondary N) is 2. The SMILES string of the molecule is CCNc1cccnc1N1CCCN(C(=O)c2cc3ccccc3[nH]2)CC1. The molecule has 140 valence electrons. The van der Waals surface area contributed by atoms with Gasteiger partial charge in [-0.3, -0.25) is 4.79 Å². The normalized spacial score (nSPS) is 15.0. The number of fused-ring (bicyclic) bond motifs is 1. The maximum atomic E-state index is 13.0. The molecule has 0 bridgehead atoms. The van der Waals surface area contributed by atoms with Crippen molar-refractivity contribution >= 4 is 28.3 Å². The fraction of sp³-hybridized carbons (Fsp3) is 0.333. The molecule has 1 saturated heterocycles. The molecule has 4 rings (SSSR count). The van der Waals surface area contributed by atoms with Crippen LogP contribution in [0.2, 0.25) is 0 Å². The highest BCUT2D eigenvalue weighted by Crippen LogP contribution is 2.24. The van der Waals surface area contributed by atoms with Gasteiger partial charge in [-0.25, -0.2) is 4.98 Å². The van der Waals surface area contributed by atoms with Crippen molar-refractivity contribution in [3.63, 3.8) is 0 Å². The second kappa shape index (κ2) is 7.70. The van der Waals surface area contributed by atoms with Gasteiger partial charge >= 0.3 is 0 Å². The van der Waals surface area contributed by atoms with Gasteiger partial charge < -0.3 is 20.1 Å². The molecule has 1 amide bonds. The molecule has 6 heteroatoms. The maximum Gasteiger partial charge on any atom is 0.270 e. The molecule has 1 aliphatic heterocycles. The number of pyridine rings is 1. The molecule has 27 heavy (non-hydrogen) atoms. The van der Waals surface area contributed by atoms with Crippen molar-refractivity contribution in [3.05, 3.63) is 54.4 Å². The summed E-state index contributed by atoms with van der Waals surface area (Å²) in [7, 11) is 0.